The molecule has 4 nitrogen and oxygen atoms in total. The molecular weight excluding hydrogens is 366 g/mol. The molecule has 5 heteroatoms. The van der Waals surface area contributed by atoms with Gasteiger partial charge >= 0.3 is 0 Å². The van der Waals surface area contributed by atoms with Crippen molar-refractivity contribution >= 4 is 25.8 Å². The molecule has 0 N–H and O–H groups in total. The average molecular weight is 400 g/mol. The van der Waals surface area contributed by atoms with E-state index in [1.54, 1.807) is 0 Å². The van der Waals surface area contributed by atoms with Crippen LogP contribution in [0.1, 0.15) is 54.4 Å². The fourth-order valence-electron chi connectivity index (χ4n) is 5.33. The molecule has 1 aliphatic carbocycles. The maximum atomic E-state index is 13.1. The maximum absolute atomic E-state index is 13.1. The van der Waals surface area contributed by atoms with Gasteiger partial charge in [0.1, 0.15) is 0 Å². The van der Waals surface area contributed by atoms with Crippen molar-refractivity contribution in [2.45, 2.75) is 71.0 Å². The van der Waals surface area contributed by atoms with Crippen molar-refractivity contribution in [1.82, 2.24) is 0 Å². The second-order valence-electron chi connectivity index (χ2n) is 9.09. The predicted octanol–water partition coefficient (Wildman–Crippen LogP) is 5.66. The van der Waals surface area contributed by atoms with Crippen molar-refractivity contribution in [3.63, 3.8) is 0 Å². The number of imide groups is 1. The fourth-order valence-corrected chi connectivity index (χ4v) is 10.7. The molecule has 3 rings (SSSR count). The number of amides is 2. The summed E-state index contributed by atoms with van der Waals surface area (Å²) in [6, 6.07) is 9.26. The van der Waals surface area contributed by atoms with Gasteiger partial charge in [0.25, 0.3) is 8.32 Å². The number of benzene rings is 1. The molecule has 1 aromatic rings. The first kappa shape index (κ1) is 20.8. The second kappa shape index (κ2) is 7.86. The van der Waals surface area contributed by atoms with Crippen LogP contribution in [0.5, 0.6) is 0 Å². The zero-order valence-corrected chi connectivity index (χ0v) is 18.9. The second-order valence-corrected chi connectivity index (χ2v) is 14.5. The summed E-state index contributed by atoms with van der Waals surface area (Å²) in [5.74, 6) is 0.220. The van der Waals surface area contributed by atoms with E-state index in [2.05, 4.69) is 47.6 Å². The minimum atomic E-state index is -2.06. The van der Waals surface area contributed by atoms with Crippen molar-refractivity contribution in [3.05, 3.63) is 42.2 Å². The Balaban J connectivity index is 1.84. The molecule has 1 aromatic carbocycles. The van der Waals surface area contributed by atoms with Gasteiger partial charge < -0.3 is 4.43 Å². The zero-order valence-electron chi connectivity index (χ0n) is 17.9. The largest absolute Gasteiger partial charge is 0.546 e. The molecule has 1 aliphatic heterocycles. The van der Waals surface area contributed by atoms with Gasteiger partial charge in [0.15, 0.2) is 0 Å². The first-order valence-corrected chi connectivity index (χ1v) is 12.6. The van der Waals surface area contributed by atoms with Crippen molar-refractivity contribution < 1.29 is 14.0 Å². The number of nitrogens with zero attached hydrogens (tertiary/aromatic N) is 1. The van der Waals surface area contributed by atoms with E-state index in [1.165, 1.54) is 4.90 Å². The monoisotopic (exact) mass is 399 g/mol. The SMILES string of the molecule is CC(C)[Si](OC1=CC[C@@H]2C(=O)N(c3ccccc3)C(=O)[C@@H]2C1)(C(C)C)C(C)C. The smallest absolute Gasteiger partial charge is 0.258 e. The molecule has 0 saturated carbocycles. The van der Waals surface area contributed by atoms with Crippen LogP contribution in [0, 0.1) is 11.8 Å². The lowest BCUT2D eigenvalue weighted by molar-refractivity contribution is -0.122. The van der Waals surface area contributed by atoms with Gasteiger partial charge in [-0.1, -0.05) is 59.7 Å². The number of hydrogen-bond donors (Lipinski definition) is 0. The summed E-state index contributed by atoms with van der Waals surface area (Å²) in [6.07, 6.45) is 3.21. The third-order valence-corrected chi connectivity index (χ3v) is 12.6. The number of anilines is 1. The molecule has 1 fully saturated rings. The molecule has 0 bridgehead atoms. The van der Waals surface area contributed by atoms with Crippen LogP contribution >= 0.6 is 0 Å². The number of para-hydroxylation sites is 1. The van der Waals surface area contributed by atoms with Crippen molar-refractivity contribution in [2.75, 3.05) is 4.90 Å². The highest BCUT2D eigenvalue weighted by Crippen LogP contribution is 2.47. The van der Waals surface area contributed by atoms with Crippen LogP contribution in [-0.2, 0) is 14.0 Å². The fraction of sp³-hybridized carbons (Fsp3) is 0.565. The number of fused-ring (bicyclic) bond motifs is 1. The van der Waals surface area contributed by atoms with Crippen molar-refractivity contribution in [3.8, 4) is 0 Å². The summed E-state index contributed by atoms with van der Waals surface area (Å²) in [5.41, 5.74) is 2.11. The van der Waals surface area contributed by atoms with Gasteiger partial charge in [-0.15, -0.1) is 0 Å². The van der Waals surface area contributed by atoms with Crippen LogP contribution in [0.25, 0.3) is 0 Å². The highest BCUT2D eigenvalue weighted by molar-refractivity contribution is 6.77. The number of allylic oxidation sites excluding steroid dienone is 2. The lowest BCUT2D eigenvalue weighted by atomic mass is 9.84. The van der Waals surface area contributed by atoms with Crippen molar-refractivity contribution in [2.24, 2.45) is 11.8 Å². The Kier molecular flexibility index (Phi) is 5.85. The molecule has 0 aromatic heterocycles. The van der Waals surface area contributed by atoms with Gasteiger partial charge in [0, 0.05) is 6.42 Å². The van der Waals surface area contributed by atoms with Crippen LogP contribution in [0.3, 0.4) is 0 Å². The third kappa shape index (κ3) is 3.34. The Bertz CT molecular complexity index is 748. The van der Waals surface area contributed by atoms with Crippen LogP contribution in [0.2, 0.25) is 16.6 Å². The van der Waals surface area contributed by atoms with E-state index < -0.39 is 8.32 Å². The normalized spacial score (nSPS) is 22.9. The van der Waals surface area contributed by atoms with Gasteiger partial charge in [-0.3, -0.25) is 14.5 Å². The van der Waals surface area contributed by atoms with E-state index in [0.29, 0.717) is 35.2 Å². The summed E-state index contributed by atoms with van der Waals surface area (Å²) in [6.45, 7) is 13.6. The lowest BCUT2D eigenvalue weighted by Gasteiger charge is -2.43. The topological polar surface area (TPSA) is 46.6 Å². The van der Waals surface area contributed by atoms with E-state index in [1.807, 2.05) is 30.3 Å². The summed E-state index contributed by atoms with van der Waals surface area (Å²) in [5, 5.41) is 0. The minimum Gasteiger partial charge on any atom is -0.546 e. The highest BCUT2D eigenvalue weighted by atomic mass is 28.4. The number of carbonyl (C=O) groups excluding carboxylic acids is 2. The number of rotatable bonds is 6. The van der Waals surface area contributed by atoms with Gasteiger partial charge in [-0.2, -0.15) is 0 Å². The third-order valence-electron chi connectivity index (χ3n) is 6.61. The maximum Gasteiger partial charge on any atom is 0.258 e. The summed E-state index contributed by atoms with van der Waals surface area (Å²) >= 11 is 0. The Labute approximate surface area is 170 Å². The Morgan fingerprint density at radius 3 is 1.96 bits per heavy atom. The summed E-state index contributed by atoms with van der Waals surface area (Å²) in [7, 11) is -2.06. The first-order valence-electron chi connectivity index (χ1n) is 10.5. The molecule has 28 heavy (non-hydrogen) atoms. The molecule has 2 amide bonds. The molecule has 2 aliphatic rings. The Morgan fingerprint density at radius 1 is 0.893 bits per heavy atom. The van der Waals surface area contributed by atoms with Gasteiger partial charge in [-0.05, 0) is 41.3 Å². The minimum absolute atomic E-state index is 0.0726. The van der Waals surface area contributed by atoms with Crippen LogP contribution < -0.4 is 4.90 Å². The van der Waals surface area contributed by atoms with E-state index in [4.69, 9.17) is 4.43 Å². The Hall–Kier alpha value is -1.88. The van der Waals surface area contributed by atoms with E-state index in [0.717, 1.165) is 5.76 Å². The molecule has 0 spiro atoms. The standard InChI is InChI=1S/C23H33NO3Si/c1-15(2)28(16(3)4,17(5)6)27-19-12-13-20-21(14-19)23(26)24(22(20)25)18-10-8-7-9-11-18/h7-12,15-17,20-21H,13-14H2,1-6H3/t20-,21+/m0/s1. The molecular formula is C23H33NO3Si. The van der Waals surface area contributed by atoms with Crippen LogP contribution in [0.15, 0.2) is 42.2 Å². The predicted molar refractivity (Wildman–Crippen MR) is 115 cm³/mol. The van der Waals surface area contributed by atoms with Crippen LogP contribution in [-0.4, -0.2) is 20.1 Å². The van der Waals surface area contributed by atoms with Gasteiger partial charge in [0.2, 0.25) is 11.8 Å². The molecule has 1 heterocycles. The van der Waals surface area contributed by atoms with Gasteiger partial charge in [0.05, 0.1) is 23.3 Å². The van der Waals surface area contributed by atoms with E-state index >= 15 is 0 Å². The quantitative estimate of drug-likeness (QED) is 0.458. The number of hydrogen-bond acceptors (Lipinski definition) is 3. The summed E-state index contributed by atoms with van der Waals surface area (Å²) in [4.78, 5) is 27.4. The average Bonchev–Trinajstić information content (AvgIpc) is 2.89. The summed E-state index contributed by atoms with van der Waals surface area (Å²) < 4.78 is 6.81. The molecule has 0 radical (unpaired) electrons. The van der Waals surface area contributed by atoms with E-state index in [-0.39, 0.29) is 23.7 Å². The first-order chi connectivity index (χ1) is 13.2. The highest BCUT2D eigenvalue weighted by Gasteiger charge is 2.52. The van der Waals surface area contributed by atoms with Crippen LogP contribution in [0.4, 0.5) is 5.69 Å². The molecule has 2 atom stereocenters. The van der Waals surface area contributed by atoms with E-state index in [9.17, 15) is 9.59 Å². The zero-order chi connectivity index (χ0) is 20.6. The van der Waals surface area contributed by atoms with Gasteiger partial charge in [-0.25, -0.2) is 0 Å². The lowest BCUT2D eigenvalue weighted by Crippen LogP contribution is -2.48. The molecule has 1 saturated heterocycles. The Morgan fingerprint density at radius 2 is 1.43 bits per heavy atom. The number of carbonyl (C=O) groups is 2. The molecule has 0 unspecified atom stereocenters. The van der Waals surface area contributed by atoms with Crippen molar-refractivity contribution in [1.29, 1.82) is 0 Å². The molecule has 152 valence electrons.